The predicted octanol–water partition coefficient (Wildman–Crippen LogP) is 3.53. The number of aromatic nitrogens is 1. The van der Waals surface area contributed by atoms with E-state index in [9.17, 15) is 4.79 Å². The second-order valence-corrected chi connectivity index (χ2v) is 6.75. The van der Waals surface area contributed by atoms with E-state index in [0.29, 0.717) is 5.92 Å². The van der Waals surface area contributed by atoms with Crippen LogP contribution >= 0.6 is 27.3 Å². The molecule has 0 spiro atoms. The molecular formula is C13H19BrN2OS. The van der Waals surface area contributed by atoms with Crippen LogP contribution < -0.4 is 5.32 Å². The van der Waals surface area contributed by atoms with Crippen molar-refractivity contribution in [1.82, 2.24) is 10.3 Å². The van der Waals surface area contributed by atoms with Gasteiger partial charge in [0.15, 0.2) is 0 Å². The monoisotopic (exact) mass is 330 g/mol. The quantitative estimate of drug-likeness (QED) is 0.861. The van der Waals surface area contributed by atoms with E-state index in [1.54, 1.807) is 5.51 Å². The minimum Gasteiger partial charge on any atom is -0.345 e. The van der Waals surface area contributed by atoms with Crippen molar-refractivity contribution >= 4 is 33.2 Å². The molecule has 1 N–H and O–H groups in total. The third-order valence-corrected chi connectivity index (χ3v) is 5.68. The Bertz CT molecular complexity index is 434. The SMILES string of the molecule is Cc1ncsc1C(=O)NC1(CBr)CCCC(C)C1. The summed E-state index contributed by atoms with van der Waals surface area (Å²) < 4.78 is 0. The second-order valence-electron chi connectivity index (χ2n) is 5.34. The molecule has 100 valence electrons. The fourth-order valence-electron chi connectivity index (χ4n) is 2.75. The maximum atomic E-state index is 12.3. The van der Waals surface area contributed by atoms with Gasteiger partial charge in [-0.2, -0.15) is 0 Å². The summed E-state index contributed by atoms with van der Waals surface area (Å²) in [7, 11) is 0. The number of nitrogens with one attached hydrogen (secondary N) is 1. The third kappa shape index (κ3) is 2.94. The zero-order valence-electron chi connectivity index (χ0n) is 10.8. The summed E-state index contributed by atoms with van der Waals surface area (Å²) in [6.07, 6.45) is 4.58. The highest BCUT2D eigenvalue weighted by atomic mass is 79.9. The van der Waals surface area contributed by atoms with Crippen molar-refractivity contribution < 1.29 is 4.79 Å². The average Bonchev–Trinajstić information content (AvgIpc) is 2.75. The minimum absolute atomic E-state index is 0.0311. The van der Waals surface area contributed by atoms with E-state index in [0.717, 1.165) is 28.7 Å². The molecule has 1 amide bonds. The van der Waals surface area contributed by atoms with Crippen LogP contribution in [0, 0.1) is 12.8 Å². The van der Waals surface area contributed by atoms with Crippen LogP contribution in [0.15, 0.2) is 5.51 Å². The number of hydrogen-bond donors (Lipinski definition) is 1. The van der Waals surface area contributed by atoms with Gasteiger partial charge in [0.25, 0.3) is 5.91 Å². The summed E-state index contributed by atoms with van der Waals surface area (Å²) in [4.78, 5) is 17.2. The molecule has 1 aromatic heterocycles. The van der Waals surface area contributed by atoms with Crippen LogP contribution in [0.3, 0.4) is 0 Å². The highest BCUT2D eigenvalue weighted by molar-refractivity contribution is 9.09. The Morgan fingerprint density at radius 3 is 3.06 bits per heavy atom. The first kappa shape index (κ1) is 14.0. The number of carbonyl (C=O) groups is 1. The van der Waals surface area contributed by atoms with E-state index in [4.69, 9.17) is 0 Å². The summed E-state index contributed by atoms with van der Waals surface area (Å²) in [6.45, 7) is 4.15. The van der Waals surface area contributed by atoms with Crippen LogP contribution in [0.1, 0.15) is 48.0 Å². The molecule has 1 aliphatic carbocycles. The lowest BCUT2D eigenvalue weighted by Gasteiger charge is -2.39. The smallest absolute Gasteiger partial charge is 0.263 e. The number of thiazole rings is 1. The standard InChI is InChI=1S/C13H19BrN2OS/c1-9-4-3-5-13(6-9,7-14)16-12(17)11-10(2)15-8-18-11/h8-9H,3-7H2,1-2H3,(H,16,17). The van der Waals surface area contributed by atoms with Crippen molar-refractivity contribution in [3.63, 3.8) is 0 Å². The molecule has 0 aromatic carbocycles. The third-order valence-electron chi connectivity index (χ3n) is 3.68. The van der Waals surface area contributed by atoms with Gasteiger partial charge in [0.05, 0.1) is 16.7 Å². The van der Waals surface area contributed by atoms with Gasteiger partial charge in [-0.25, -0.2) is 4.98 Å². The average molecular weight is 331 g/mol. The molecule has 2 rings (SSSR count). The minimum atomic E-state index is -0.0782. The zero-order valence-corrected chi connectivity index (χ0v) is 13.2. The first-order valence-electron chi connectivity index (χ1n) is 6.35. The van der Waals surface area contributed by atoms with E-state index < -0.39 is 0 Å². The Labute approximate surface area is 121 Å². The molecule has 2 unspecified atom stereocenters. The summed E-state index contributed by atoms with van der Waals surface area (Å²) >= 11 is 5.00. The Hall–Kier alpha value is -0.420. The normalized spacial score (nSPS) is 28.1. The second kappa shape index (κ2) is 5.70. The maximum Gasteiger partial charge on any atom is 0.263 e. The number of amides is 1. The number of rotatable bonds is 3. The first-order chi connectivity index (χ1) is 8.56. The largest absolute Gasteiger partial charge is 0.345 e. The van der Waals surface area contributed by atoms with Crippen molar-refractivity contribution in [1.29, 1.82) is 0 Å². The van der Waals surface area contributed by atoms with Gasteiger partial charge < -0.3 is 5.32 Å². The van der Waals surface area contributed by atoms with Gasteiger partial charge in [-0.05, 0) is 25.7 Å². The van der Waals surface area contributed by atoms with E-state index >= 15 is 0 Å². The van der Waals surface area contributed by atoms with Gasteiger partial charge in [-0.15, -0.1) is 11.3 Å². The van der Waals surface area contributed by atoms with E-state index in [-0.39, 0.29) is 11.4 Å². The Morgan fingerprint density at radius 2 is 2.50 bits per heavy atom. The lowest BCUT2D eigenvalue weighted by molar-refractivity contribution is 0.0873. The molecule has 1 fully saturated rings. The van der Waals surface area contributed by atoms with Crippen molar-refractivity contribution in [2.24, 2.45) is 5.92 Å². The number of aryl methyl sites for hydroxylation is 1. The summed E-state index contributed by atoms with van der Waals surface area (Å²) in [6, 6.07) is 0. The molecule has 1 heterocycles. The van der Waals surface area contributed by atoms with Crippen LogP contribution in [0.5, 0.6) is 0 Å². The highest BCUT2D eigenvalue weighted by Gasteiger charge is 2.36. The molecule has 1 saturated carbocycles. The van der Waals surface area contributed by atoms with Crippen molar-refractivity contribution in [2.45, 2.75) is 45.1 Å². The maximum absolute atomic E-state index is 12.3. The fraction of sp³-hybridized carbons (Fsp3) is 0.692. The topological polar surface area (TPSA) is 42.0 Å². The van der Waals surface area contributed by atoms with E-state index in [1.165, 1.54) is 24.2 Å². The van der Waals surface area contributed by atoms with Crippen molar-refractivity contribution in [3.8, 4) is 0 Å². The molecule has 1 aromatic rings. The van der Waals surface area contributed by atoms with Crippen LogP contribution in [0.4, 0.5) is 0 Å². The Balaban J connectivity index is 2.11. The number of alkyl halides is 1. The molecule has 3 nitrogen and oxygen atoms in total. The Morgan fingerprint density at radius 1 is 1.72 bits per heavy atom. The highest BCUT2D eigenvalue weighted by Crippen LogP contribution is 2.34. The van der Waals surface area contributed by atoms with Crippen molar-refractivity contribution in [3.05, 3.63) is 16.1 Å². The van der Waals surface area contributed by atoms with Crippen LogP contribution in [-0.2, 0) is 0 Å². The molecule has 0 saturated heterocycles. The van der Waals surface area contributed by atoms with Gasteiger partial charge in [0, 0.05) is 5.33 Å². The lowest BCUT2D eigenvalue weighted by Crippen LogP contribution is -2.52. The fourth-order valence-corrected chi connectivity index (χ4v) is 4.09. The molecule has 0 bridgehead atoms. The summed E-state index contributed by atoms with van der Waals surface area (Å²) in [5.41, 5.74) is 2.48. The van der Waals surface area contributed by atoms with Gasteiger partial charge in [0.1, 0.15) is 4.88 Å². The lowest BCUT2D eigenvalue weighted by atomic mass is 9.77. The van der Waals surface area contributed by atoms with Gasteiger partial charge in [-0.1, -0.05) is 35.7 Å². The van der Waals surface area contributed by atoms with Gasteiger partial charge in [-0.3, -0.25) is 4.79 Å². The van der Waals surface area contributed by atoms with Gasteiger partial charge in [0.2, 0.25) is 0 Å². The number of hydrogen-bond acceptors (Lipinski definition) is 3. The molecule has 0 aliphatic heterocycles. The van der Waals surface area contributed by atoms with Crippen LogP contribution in [0.2, 0.25) is 0 Å². The Kier molecular flexibility index (Phi) is 4.43. The zero-order chi connectivity index (χ0) is 13.2. The summed E-state index contributed by atoms with van der Waals surface area (Å²) in [5.74, 6) is 0.711. The van der Waals surface area contributed by atoms with Crippen LogP contribution in [0.25, 0.3) is 0 Å². The van der Waals surface area contributed by atoms with Crippen molar-refractivity contribution in [2.75, 3.05) is 5.33 Å². The van der Waals surface area contributed by atoms with E-state index in [1.807, 2.05) is 6.92 Å². The molecule has 1 aliphatic rings. The number of nitrogens with zero attached hydrogens (tertiary/aromatic N) is 1. The number of carbonyl (C=O) groups excluding carboxylic acids is 1. The molecular weight excluding hydrogens is 312 g/mol. The first-order valence-corrected chi connectivity index (χ1v) is 8.35. The molecule has 5 heteroatoms. The molecule has 18 heavy (non-hydrogen) atoms. The molecule has 2 atom stereocenters. The van der Waals surface area contributed by atoms with E-state index in [2.05, 4.69) is 33.2 Å². The molecule has 0 radical (unpaired) electrons. The van der Waals surface area contributed by atoms with Gasteiger partial charge >= 0.3 is 0 Å². The summed E-state index contributed by atoms with van der Waals surface area (Å²) in [5, 5.41) is 4.07. The van der Waals surface area contributed by atoms with Crippen LogP contribution in [-0.4, -0.2) is 21.8 Å². The number of halogens is 1. The predicted molar refractivity (Wildman–Crippen MR) is 78.5 cm³/mol.